The number of ketones is 2. The minimum absolute atomic E-state index is 0.0177. The lowest BCUT2D eigenvalue weighted by molar-refractivity contribution is -0.260. The van der Waals surface area contributed by atoms with Crippen molar-refractivity contribution >= 4 is 23.6 Å². The molecule has 1 aliphatic carbocycles. The average Bonchev–Trinajstić information content (AvgIpc) is 2.98. The van der Waals surface area contributed by atoms with Crippen LogP contribution >= 0.6 is 0 Å². The predicted molar refractivity (Wildman–Crippen MR) is 148 cm³/mol. The van der Waals surface area contributed by atoms with Crippen LogP contribution in [0.15, 0.2) is 77.3 Å². The molecule has 7 atom stereocenters. The summed E-state index contributed by atoms with van der Waals surface area (Å²) < 4.78 is 5.35. The van der Waals surface area contributed by atoms with E-state index < -0.39 is 95.3 Å². The van der Waals surface area contributed by atoms with Crippen molar-refractivity contribution in [3.05, 3.63) is 88.4 Å². The van der Waals surface area contributed by atoms with Gasteiger partial charge < -0.3 is 55.8 Å². The summed E-state index contributed by atoms with van der Waals surface area (Å²) in [5, 5.41) is 104. The van der Waals surface area contributed by atoms with Gasteiger partial charge in [0.15, 0.2) is 0 Å². The molecule has 0 aromatic heterocycles. The molecule has 2 aliphatic rings. The first-order chi connectivity index (χ1) is 20.7. The molecule has 4 rings (SSSR count). The van der Waals surface area contributed by atoms with Gasteiger partial charge >= 0.3 is 5.97 Å². The second-order valence-corrected chi connectivity index (χ2v) is 10.4. The number of carbonyl (C=O) groups excluding carboxylic acids is 2. The van der Waals surface area contributed by atoms with Crippen molar-refractivity contribution in [3.8, 4) is 11.5 Å². The summed E-state index contributed by atoms with van der Waals surface area (Å²) in [7, 11) is 0. The Labute approximate surface area is 249 Å². The zero-order valence-electron chi connectivity index (χ0n) is 22.8. The van der Waals surface area contributed by atoms with Crippen LogP contribution in [-0.2, 0) is 19.1 Å². The SMILES string of the molecule is O=C(O)CC(C1=C(O)/C(=C(O)/C=C/c2ccc(O)cc2)C(=O)C(O)([C@@H]2O[C@H](CO)[C@@H](O)[C@H](O)[C@H]2O)C1=O)c1ccc(O)cc1. The summed E-state index contributed by atoms with van der Waals surface area (Å²) in [6.07, 6.45) is -9.28. The molecule has 14 nitrogen and oxygen atoms in total. The van der Waals surface area contributed by atoms with Gasteiger partial charge in [-0.15, -0.1) is 0 Å². The molecular weight excluding hydrogens is 584 g/mol. The second-order valence-electron chi connectivity index (χ2n) is 10.4. The van der Waals surface area contributed by atoms with E-state index >= 15 is 0 Å². The molecule has 0 bridgehead atoms. The lowest BCUT2D eigenvalue weighted by Crippen LogP contribution is -2.71. The van der Waals surface area contributed by atoms with Gasteiger partial charge in [-0.3, -0.25) is 14.4 Å². The van der Waals surface area contributed by atoms with Crippen LogP contribution in [0.3, 0.4) is 0 Å². The highest BCUT2D eigenvalue weighted by molar-refractivity contribution is 6.28. The number of aliphatic hydroxyl groups excluding tert-OH is 6. The molecule has 1 saturated heterocycles. The summed E-state index contributed by atoms with van der Waals surface area (Å²) in [4.78, 5) is 39.8. The van der Waals surface area contributed by atoms with E-state index in [9.17, 15) is 65.4 Å². The molecule has 0 radical (unpaired) electrons. The number of rotatable bonds is 8. The molecule has 1 heterocycles. The normalized spacial score (nSPS) is 29.6. The minimum Gasteiger partial charge on any atom is -0.508 e. The van der Waals surface area contributed by atoms with Gasteiger partial charge in [-0.2, -0.15) is 0 Å². The van der Waals surface area contributed by atoms with Crippen LogP contribution in [-0.4, -0.2) is 111 Å². The predicted octanol–water partition coefficient (Wildman–Crippen LogP) is -0.281. The second kappa shape index (κ2) is 12.6. The molecule has 2 aromatic rings. The third-order valence-corrected chi connectivity index (χ3v) is 7.57. The Morgan fingerprint density at radius 1 is 0.864 bits per heavy atom. The molecule has 1 fully saturated rings. The molecule has 2 aromatic carbocycles. The molecule has 0 amide bonds. The van der Waals surface area contributed by atoms with Crippen molar-refractivity contribution in [3.63, 3.8) is 0 Å². The number of carbonyl (C=O) groups is 3. The molecule has 1 aliphatic heterocycles. The third kappa shape index (κ3) is 5.81. The van der Waals surface area contributed by atoms with Gasteiger partial charge in [0.2, 0.25) is 17.2 Å². The van der Waals surface area contributed by atoms with Crippen molar-refractivity contribution < 1.29 is 70.2 Å². The van der Waals surface area contributed by atoms with Crippen LogP contribution < -0.4 is 0 Å². The molecule has 14 heteroatoms. The number of phenols is 2. The molecular formula is C30H30O14. The summed E-state index contributed by atoms with van der Waals surface area (Å²) in [6, 6.07) is 10.2. The highest BCUT2D eigenvalue weighted by atomic mass is 16.6. The van der Waals surface area contributed by atoms with Crippen molar-refractivity contribution in [2.75, 3.05) is 6.61 Å². The first kappa shape index (κ1) is 32.3. The lowest BCUT2D eigenvalue weighted by Gasteiger charge is -2.47. The maximum atomic E-state index is 14.1. The number of aromatic hydroxyl groups is 2. The van der Waals surface area contributed by atoms with Crippen LogP contribution in [0.25, 0.3) is 6.08 Å². The van der Waals surface area contributed by atoms with Gasteiger partial charge in [0.1, 0.15) is 59.1 Å². The Bertz CT molecular complexity index is 1520. The first-order valence-corrected chi connectivity index (χ1v) is 13.2. The van der Waals surface area contributed by atoms with Crippen molar-refractivity contribution in [2.45, 2.75) is 48.5 Å². The highest BCUT2D eigenvalue weighted by Gasteiger charge is 2.64. The van der Waals surface area contributed by atoms with Gasteiger partial charge in [0, 0.05) is 11.5 Å². The van der Waals surface area contributed by atoms with E-state index in [1.54, 1.807) is 0 Å². The number of hydrogen-bond acceptors (Lipinski definition) is 13. The summed E-state index contributed by atoms with van der Waals surface area (Å²) in [6.45, 7) is -0.994. The van der Waals surface area contributed by atoms with E-state index in [0.717, 1.165) is 18.2 Å². The van der Waals surface area contributed by atoms with Crippen LogP contribution in [0.5, 0.6) is 11.5 Å². The first-order valence-electron chi connectivity index (χ1n) is 13.2. The number of phenolic OH excluding ortho intramolecular Hbond substituents is 2. The van der Waals surface area contributed by atoms with Crippen molar-refractivity contribution in [2.24, 2.45) is 0 Å². The highest BCUT2D eigenvalue weighted by Crippen LogP contribution is 2.44. The Morgan fingerprint density at radius 3 is 1.98 bits per heavy atom. The van der Waals surface area contributed by atoms with E-state index in [1.165, 1.54) is 42.5 Å². The van der Waals surface area contributed by atoms with E-state index in [-0.39, 0.29) is 17.1 Å². The Balaban J connectivity index is 1.98. The van der Waals surface area contributed by atoms with E-state index in [0.29, 0.717) is 5.56 Å². The lowest BCUT2D eigenvalue weighted by atomic mass is 9.67. The fourth-order valence-electron chi connectivity index (χ4n) is 5.23. The number of carboxylic acids is 1. The van der Waals surface area contributed by atoms with Gasteiger partial charge in [-0.25, -0.2) is 0 Å². The van der Waals surface area contributed by atoms with E-state index in [4.69, 9.17) is 4.74 Å². The zero-order chi connectivity index (χ0) is 32.5. The van der Waals surface area contributed by atoms with Crippen LogP contribution in [0.1, 0.15) is 23.5 Å². The number of Topliss-reactive ketones (excluding diaryl/α,β-unsaturated/α-hetero) is 2. The number of aliphatic hydroxyl groups is 7. The van der Waals surface area contributed by atoms with Crippen molar-refractivity contribution in [1.82, 2.24) is 0 Å². The monoisotopic (exact) mass is 614 g/mol. The molecule has 0 saturated carbocycles. The largest absolute Gasteiger partial charge is 0.508 e. The van der Waals surface area contributed by atoms with Crippen LogP contribution in [0.4, 0.5) is 0 Å². The number of aliphatic carboxylic acids is 1. The van der Waals surface area contributed by atoms with Gasteiger partial charge in [-0.1, -0.05) is 30.3 Å². The van der Waals surface area contributed by atoms with E-state index in [1.807, 2.05) is 0 Å². The average molecular weight is 615 g/mol. The summed E-state index contributed by atoms with van der Waals surface area (Å²) in [5.41, 5.74) is -5.11. The fourth-order valence-corrected chi connectivity index (χ4v) is 5.23. The topological polar surface area (TPSA) is 263 Å². The number of allylic oxidation sites excluding steroid dienone is 2. The zero-order valence-corrected chi connectivity index (χ0v) is 22.8. The Hall–Kier alpha value is -4.57. The smallest absolute Gasteiger partial charge is 0.304 e. The molecule has 10 N–H and O–H groups in total. The van der Waals surface area contributed by atoms with Crippen LogP contribution in [0, 0.1) is 0 Å². The minimum atomic E-state index is -3.54. The van der Waals surface area contributed by atoms with E-state index in [2.05, 4.69) is 0 Å². The summed E-state index contributed by atoms with van der Waals surface area (Å²) >= 11 is 0. The van der Waals surface area contributed by atoms with Gasteiger partial charge in [-0.05, 0) is 41.5 Å². The number of carboxylic acid groups (broad SMARTS) is 1. The quantitative estimate of drug-likeness (QED) is 0.104. The van der Waals surface area contributed by atoms with Crippen LogP contribution in [0.2, 0.25) is 0 Å². The molecule has 2 unspecified atom stereocenters. The van der Waals surface area contributed by atoms with Gasteiger partial charge in [0.05, 0.1) is 13.0 Å². The fraction of sp³-hybridized carbons (Fsp3) is 0.300. The van der Waals surface area contributed by atoms with Gasteiger partial charge in [0.25, 0.3) is 0 Å². The molecule has 234 valence electrons. The Kier molecular flexibility index (Phi) is 9.25. The number of benzene rings is 2. The third-order valence-electron chi connectivity index (χ3n) is 7.57. The maximum Gasteiger partial charge on any atom is 0.304 e. The number of ether oxygens (including phenoxy) is 1. The number of hydrogen-bond donors (Lipinski definition) is 10. The molecule has 0 spiro atoms. The summed E-state index contributed by atoms with van der Waals surface area (Å²) in [5.74, 6) is -9.00. The standard InChI is InChI=1S/C30H30O14/c31-12-19-23(37)25(39)26(40)29(44-19)30(43)27(41)21(17(11-20(35)36)14-4-8-16(33)9-5-14)24(38)22(28(30)42)18(34)10-3-13-1-6-15(32)7-2-13/h1-10,17,19,23,25-26,29,31-34,37-40,43H,11-12H2,(H,35,36)/b10-3+,22-18+/t17?,19-,23-,25+,26-,29-,30?/m1/s1. The van der Waals surface area contributed by atoms with Crippen molar-refractivity contribution in [1.29, 1.82) is 0 Å². The Morgan fingerprint density at radius 2 is 1.43 bits per heavy atom. The molecule has 44 heavy (non-hydrogen) atoms. The maximum absolute atomic E-state index is 14.1.